The number of aryl methyl sites for hydroxylation is 2. The molecule has 0 atom stereocenters. The van der Waals surface area contributed by atoms with Gasteiger partial charge in [-0.2, -0.15) is 0 Å². The van der Waals surface area contributed by atoms with Gasteiger partial charge in [-0.15, -0.1) is 22.7 Å². The normalized spacial score (nSPS) is 10.9. The smallest absolute Gasteiger partial charge is 0.209 e. The van der Waals surface area contributed by atoms with E-state index in [1.165, 1.54) is 22.7 Å². The fourth-order valence-electron chi connectivity index (χ4n) is 3.96. The summed E-state index contributed by atoms with van der Waals surface area (Å²) < 4.78 is 2.08. The number of hydrogen-bond donors (Lipinski definition) is 2. The summed E-state index contributed by atoms with van der Waals surface area (Å²) in [4.78, 5) is 17.7. The van der Waals surface area contributed by atoms with Crippen molar-refractivity contribution < 1.29 is 26.7 Å². The van der Waals surface area contributed by atoms with E-state index in [1.807, 2.05) is 97.4 Å². The summed E-state index contributed by atoms with van der Waals surface area (Å²) >= 11 is 9.79. The van der Waals surface area contributed by atoms with Crippen LogP contribution >= 0.6 is 54.5 Å². The molecule has 2 heterocycles. The van der Waals surface area contributed by atoms with Gasteiger partial charge in [0.15, 0.2) is 0 Å². The molecule has 4 aromatic carbocycles. The molecule has 0 aliphatic heterocycles. The molecule has 0 saturated heterocycles. The Bertz CT molecular complexity index is 1800. The number of hydrogen-bond acceptors (Lipinski definition) is 8. The Balaban J connectivity index is 0.000000200. The summed E-state index contributed by atoms with van der Waals surface area (Å²) in [5.41, 5.74) is 7.46. The standard InChI is InChI=1S/2C17H13BrN2OS.Ni/c2*1-11-2-7-16(21)13(8-11)9-19-17-20-15(10-22-17)12-3-5-14(18)6-4-12;/h2*2-10,21H,1H3;/b2*19-9+;. The number of phenols is 2. The average Bonchev–Trinajstić information content (AvgIpc) is 3.70. The van der Waals surface area contributed by atoms with Crippen LogP contribution in [0, 0.1) is 13.8 Å². The molecule has 45 heavy (non-hydrogen) atoms. The third kappa shape index (κ3) is 9.76. The number of aliphatic imine (C=N–C) groups is 2. The van der Waals surface area contributed by atoms with Gasteiger partial charge in [-0.05, 0) is 62.4 Å². The third-order valence-electron chi connectivity index (χ3n) is 6.26. The summed E-state index contributed by atoms with van der Waals surface area (Å²) in [5.74, 6) is 0.443. The Kier molecular flexibility index (Phi) is 12.4. The van der Waals surface area contributed by atoms with Crippen molar-refractivity contribution in [3.63, 3.8) is 0 Å². The van der Waals surface area contributed by atoms with E-state index in [-0.39, 0.29) is 28.0 Å². The molecule has 2 N–H and O–H groups in total. The SMILES string of the molecule is Cc1ccc(O)c(/C=N/c2nc(-c3ccc(Br)cc3)cs2)c1.Cc1ccc(O)c(/C=N/c2nc(-c3ccc(Br)cc3)cs2)c1.[Ni]. The minimum Gasteiger partial charge on any atom is -0.507 e. The van der Waals surface area contributed by atoms with Crippen LogP contribution < -0.4 is 0 Å². The molecule has 0 unspecified atom stereocenters. The van der Waals surface area contributed by atoms with E-state index < -0.39 is 0 Å². The third-order valence-corrected chi connectivity index (χ3v) is 8.81. The molecule has 0 fully saturated rings. The van der Waals surface area contributed by atoms with Crippen molar-refractivity contribution in [1.82, 2.24) is 9.97 Å². The van der Waals surface area contributed by atoms with Crippen molar-refractivity contribution in [2.75, 3.05) is 0 Å². The number of phenolic OH excluding ortho intramolecular Hbond substituents is 2. The van der Waals surface area contributed by atoms with Crippen molar-refractivity contribution in [1.29, 1.82) is 0 Å². The molecule has 2 aromatic heterocycles. The maximum atomic E-state index is 9.81. The monoisotopic (exact) mass is 802 g/mol. The molecule has 6 aromatic rings. The second-order valence-electron chi connectivity index (χ2n) is 9.69. The van der Waals surface area contributed by atoms with Crippen molar-refractivity contribution in [2.24, 2.45) is 9.98 Å². The van der Waals surface area contributed by atoms with Crippen LogP contribution in [0.25, 0.3) is 22.5 Å². The maximum Gasteiger partial charge on any atom is 0.209 e. The molecule has 0 radical (unpaired) electrons. The summed E-state index contributed by atoms with van der Waals surface area (Å²) in [7, 11) is 0. The van der Waals surface area contributed by atoms with Crippen LogP contribution in [0.4, 0.5) is 10.3 Å². The average molecular weight is 805 g/mol. The number of halogens is 2. The molecule has 0 saturated carbocycles. The van der Waals surface area contributed by atoms with Crippen LogP contribution in [-0.2, 0) is 16.5 Å². The van der Waals surface area contributed by atoms with E-state index in [1.54, 1.807) is 24.6 Å². The van der Waals surface area contributed by atoms with Gasteiger partial charge in [0.25, 0.3) is 0 Å². The number of rotatable bonds is 6. The Morgan fingerprint density at radius 2 is 0.978 bits per heavy atom. The molecule has 0 bridgehead atoms. The number of aromatic nitrogens is 2. The summed E-state index contributed by atoms with van der Waals surface area (Å²) in [6.45, 7) is 3.96. The van der Waals surface area contributed by atoms with E-state index in [0.29, 0.717) is 21.4 Å². The predicted octanol–water partition coefficient (Wildman–Crippen LogP) is 10.7. The second-order valence-corrected chi connectivity index (χ2v) is 13.2. The molecule has 230 valence electrons. The minimum absolute atomic E-state index is 0. The maximum absolute atomic E-state index is 9.81. The largest absolute Gasteiger partial charge is 0.507 e. The molecule has 11 heteroatoms. The van der Waals surface area contributed by atoms with Gasteiger partial charge in [0.2, 0.25) is 10.3 Å². The number of nitrogens with zero attached hydrogens (tertiary/aromatic N) is 4. The zero-order chi connectivity index (χ0) is 31.1. The van der Waals surface area contributed by atoms with E-state index in [0.717, 1.165) is 42.6 Å². The molecular weight excluding hydrogens is 779 g/mol. The first-order valence-electron chi connectivity index (χ1n) is 13.3. The van der Waals surface area contributed by atoms with Gasteiger partial charge in [0.05, 0.1) is 11.4 Å². The van der Waals surface area contributed by atoms with E-state index in [4.69, 9.17) is 0 Å². The fraction of sp³-hybridized carbons (Fsp3) is 0.0588. The molecule has 6 rings (SSSR count). The molecule has 0 spiro atoms. The summed E-state index contributed by atoms with van der Waals surface area (Å²) in [5, 5.41) is 24.9. The Hall–Kier alpha value is -3.47. The zero-order valence-electron chi connectivity index (χ0n) is 24.0. The van der Waals surface area contributed by atoms with Crippen LogP contribution in [0.1, 0.15) is 22.3 Å². The fourth-order valence-corrected chi connectivity index (χ4v) is 5.83. The van der Waals surface area contributed by atoms with E-state index in [2.05, 4.69) is 51.8 Å². The van der Waals surface area contributed by atoms with Gasteiger partial charge in [-0.1, -0.05) is 79.4 Å². The Morgan fingerprint density at radius 3 is 1.36 bits per heavy atom. The molecule has 0 aliphatic carbocycles. The first-order valence-corrected chi connectivity index (χ1v) is 16.7. The van der Waals surface area contributed by atoms with Crippen molar-refractivity contribution in [3.05, 3.63) is 127 Å². The van der Waals surface area contributed by atoms with Gasteiger partial charge >= 0.3 is 0 Å². The van der Waals surface area contributed by atoms with E-state index in [9.17, 15) is 10.2 Å². The van der Waals surface area contributed by atoms with Gasteiger partial charge < -0.3 is 10.2 Å². The number of thiazole rings is 2. The molecule has 0 amide bonds. The minimum atomic E-state index is 0. The van der Waals surface area contributed by atoms with Gasteiger partial charge in [-0.3, -0.25) is 0 Å². The molecule has 0 aliphatic rings. The van der Waals surface area contributed by atoms with Crippen LogP contribution in [0.2, 0.25) is 0 Å². The Morgan fingerprint density at radius 1 is 0.600 bits per heavy atom. The van der Waals surface area contributed by atoms with Crippen molar-refractivity contribution in [2.45, 2.75) is 13.8 Å². The van der Waals surface area contributed by atoms with Crippen LogP contribution in [-0.4, -0.2) is 32.6 Å². The first-order chi connectivity index (χ1) is 21.2. The molecular formula is C34H26Br2N4NiO2S2. The molecule has 6 nitrogen and oxygen atoms in total. The topological polar surface area (TPSA) is 91.0 Å². The summed E-state index contributed by atoms with van der Waals surface area (Å²) in [6.07, 6.45) is 3.29. The number of aromatic hydroxyl groups is 2. The van der Waals surface area contributed by atoms with Crippen molar-refractivity contribution in [3.8, 4) is 34.0 Å². The predicted molar refractivity (Wildman–Crippen MR) is 191 cm³/mol. The van der Waals surface area contributed by atoms with Gasteiger partial charge in [-0.25, -0.2) is 20.0 Å². The van der Waals surface area contributed by atoms with Crippen LogP contribution in [0.3, 0.4) is 0 Å². The summed E-state index contributed by atoms with van der Waals surface area (Å²) in [6, 6.07) is 26.9. The van der Waals surface area contributed by atoms with E-state index >= 15 is 0 Å². The van der Waals surface area contributed by atoms with Crippen LogP contribution in [0.5, 0.6) is 11.5 Å². The Labute approximate surface area is 296 Å². The first kappa shape index (κ1) is 34.4. The van der Waals surface area contributed by atoms with Crippen molar-refractivity contribution >= 4 is 77.2 Å². The zero-order valence-corrected chi connectivity index (χ0v) is 29.8. The van der Waals surface area contributed by atoms with Gasteiger partial charge in [0.1, 0.15) is 11.5 Å². The number of benzene rings is 4. The second kappa shape index (κ2) is 16.2. The van der Waals surface area contributed by atoms with Gasteiger partial charge in [0, 0.05) is 70.9 Å². The van der Waals surface area contributed by atoms with Crippen LogP contribution in [0.15, 0.2) is 115 Å². The quantitative estimate of drug-likeness (QED) is 0.130.